The van der Waals surface area contributed by atoms with Crippen LogP contribution < -0.4 is 9.47 Å². The quantitative estimate of drug-likeness (QED) is 0.330. The summed E-state index contributed by atoms with van der Waals surface area (Å²) >= 11 is 0. The Labute approximate surface area is 188 Å². The Bertz CT molecular complexity index is 1000. The smallest absolute Gasteiger partial charge is 0.302 e. The third kappa shape index (κ3) is 5.97. The Morgan fingerprint density at radius 3 is 2.50 bits per heavy atom. The minimum absolute atomic E-state index is 0.124. The lowest BCUT2D eigenvalue weighted by Gasteiger charge is -2.27. The second-order valence-electron chi connectivity index (χ2n) is 7.62. The fourth-order valence-corrected chi connectivity index (χ4v) is 3.04. The third-order valence-corrected chi connectivity index (χ3v) is 4.60. The zero-order chi connectivity index (χ0) is 23.8. The molecule has 1 aromatic carbocycles. The largest absolute Gasteiger partial charge is 0.490 e. The molecule has 32 heavy (non-hydrogen) atoms. The number of carbonyl (C=O) groups excluding carboxylic acids is 3. The summed E-state index contributed by atoms with van der Waals surface area (Å²) in [6, 6.07) is 7.17. The highest BCUT2D eigenvalue weighted by Crippen LogP contribution is 2.32. The van der Waals surface area contributed by atoms with Crippen LogP contribution in [0.3, 0.4) is 0 Å². The number of amides is 2. The maximum atomic E-state index is 13.0. The van der Waals surface area contributed by atoms with Crippen LogP contribution in [-0.4, -0.2) is 49.0 Å². The monoisotopic (exact) mass is 440 g/mol. The van der Waals surface area contributed by atoms with E-state index in [9.17, 15) is 19.6 Å². The van der Waals surface area contributed by atoms with Crippen LogP contribution in [0, 0.1) is 17.2 Å². The number of nitrogens with zero attached hydrogens (tertiary/aromatic N) is 2. The molecule has 8 nitrogen and oxygen atoms in total. The predicted octanol–water partition coefficient (Wildman–Crippen LogP) is 3.28. The highest BCUT2D eigenvalue weighted by Gasteiger charge is 2.35. The van der Waals surface area contributed by atoms with Gasteiger partial charge in [0.25, 0.3) is 11.8 Å². The van der Waals surface area contributed by atoms with Crippen LogP contribution in [0.1, 0.15) is 40.2 Å². The van der Waals surface area contributed by atoms with Crippen molar-refractivity contribution in [2.45, 2.75) is 34.6 Å². The molecule has 1 aliphatic rings. The van der Waals surface area contributed by atoms with Crippen LogP contribution in [0.25, 0.3) is 6.08 Å². The minimum Gasteiger partial charge on any atom is -0.490 e. The topological polar surface area (TPSA) is 106 Å². The van der Waals surface area contributed by atoms with Crippen LogP contribution in [0.15, 0.2) is 34.9 Å². The van der Waals surface area contributed by atoms with Crippen LogP contribution in [0.2, 0.25) is 0 Å². The number of esters is 1. The summed E-state index contributed by atoms with van der Waals surface area (Å²) in [5.41, 5.74) is 1.03. The van der Waals surface area contributed by atoms with Gasteiger partial charge in [0.1, 0.15) is 18.2 Å². The molecular formula is C24H28N2O6. The van der Waals surface area contributed by atoms with Gasteiger partial charge in [-0.1, -0.05) is 19.9 Å². The number of imide groups is 1. The Balaban J connectivity index is 2.43. The number of nitriles is 1. The van der Waals surface area contributed by atoms with Gasteiger partial charge in [-0.2, -0.15) is 5.26 Å². The molecule has 0 aromatic heterocycles. The molecule has 1 aliphatic heterocycles. The molecular weight excluding hydrogens is 412 g/mol. The highest BCUT2D eigenvalue weighted by atomic mass is 16.5. The van der Waals surface area contributed by atoms with Gasteiger partial charge in [-0.05, 0) is 49.1 Å². The fraction of sp³-hybridized carbons (Fsp3) is 0.417. The minimum atomic E-state index is -0.702. The Morgan fingerprint density at radius 1 is 1.19 bits per heavy atom. The zero-order valence-electron chi connectivity index (χ0n) is 19.1. The van der Waals surface area contributed by atoms with Gasteiger partial charge in [0.15, 0.2) is 11.5 Å². The number of ether oxygens (including phenoxy) is 3. The molecule has 2 rings (SSSR count). The van der Waals surface area contributed by atoms with Crippen LogP contribution in [-0.2, 0) is 19.1 Å². The number of rotatable bonds is 9. The molecule has 2 amide bonds. The summed E-state index contributed by atoms with van der Waals surface area (Å²) in [6.45, 7) is 9.44. The van der Waals surface area contributed by atoms with Crippen LogP contribution in [0.5, 0.6) is 11.5 Å². The molecule has 0 bridgehead atoms. The SMILES string of the molecule is CCOc1cc(/C=C2/C(=O)N(CCOC(C)=O)C(=O)C(C#N)=C2C)ccc1OCC(C)C. The normalized spacial score (nSPS) is 15.3. The molecule has 0 unspecified atom stereocenters. The molecule has 0 spiro atoms. The van der Waals surface area contributed by atoms with Crippen molar-refractivity contribution in [2.24, 2.45) is 5.92 Å². The first-order valence-corrected chi connectivity index (χ1v) is 10.4. The summed E-state index contributed by atoms with van der Waals surface area (Å²) < 4.78 is 16.4. The van der Waals surface area contributed by atoms with Gasteiger partial charge in [0.05, 0.1) is 19.8 Å². The maximum Gasteiger partial charge on any atom is 0.302 e. The number of hydrogen-bond donors (Lipinski definition) is 0. The van der Waals surface area contributed by atoms with Gasteiger partial charge >= 0.3 is 5.97 Å². The molecule has 170 valence electrons. The molecule has 0 atom stereocenters. The van der Waals surface area contributed by atoms with Crippen molar-refractivity contribution < 1.29 is 28.6 Å². The molecule has 0 N–H and O–H groups in total. The summed E-state index contributed by atoms with van der Waals surface area (Å²) in [5.74, 6) is -0.299. The van der Waals surface area contributed by atoms with E-state index in [1.54, 1.807) is 31.2 Å². The van der Waals surface area contributed by atoms with Crippen molar-refractivity contribution in [1.82, 2.24) is 4.90 Å². The predicted molar refractivity (Wildman–Crippen MR) is 118 cm³/mol. The third-order valence-electron chi connectivity index (χ3n) is 4.60. The van der Waals surface area contributed by atoms with E-state index in [1.165, 1.54) is 6.92 Å². The average Bonchev–Trinajstić information content (AvgIpc) is 2.73. The van der Waals surface area contributed by atoms with E-state index in [1.807, 2.05) is 26.8 Å². The average molecular weight is 440 g/mol. The second-order valence-corrected chi connectivity index (χ2v) is 7.62. The van der Waals surface area contributed by atoms with E-state index in [-0.39, 0.29) is 24.3 Å². The Hall–Kier alpha value is -3.60. The molecule has 0 saturated carbocycles. The lowest BCUT2D eigenvalue weighted by Crippen LogP contribution is -2.44. The molecule has 1 heterocycles. The summed E-state index contributed by atoms with van der Waals surface area (Å²) in [7, 11) is 0. The van der Waals surface area contributed by atoms with Crippen molar-refractivity contribution in [3.63, 3.8) is 0 Å². The number of benzene rings is 1. The molecule has 0 fully saturated rings. The van der Waals surface area contributed by atoms with E-state index in [4.69, 9.17) is 14.2 Å². The van der Waals surface area contributed by atoms with Gasteiger partial charge in [0, 0.05) is 12.5 Å². The van der Waals surface area contributed by atoms with Crippen molar-refractivity contribution >= 4 is 23.9 Å². The molecule has 8 heteroatoms. The van der Waals surface area contributed by atoms with Gasteiger partial charge in [-0.3, -0.25) is 19.3 Å². The van der Waals surface area contributed by atoms with Gasteiger partial charge < -0.3 is 14.2 Å². The number of carbonyl (C=O) groups is 3. The standard InChI is InChI=1S/C24H28N2O6/c1-6-30-22-12-18(7-8-21(22)32-14-15(2)3)11-19-16(4)20(13-25)24(29)26(23(19)28)9-10-31-17(5)27/h7-8,11-12,15H,6,9-10,14H2,1-5H3/b19-11+. The lowest BCUT2D eigenvalue weighted by molar-refractivity contribution is -0.147. The first-order valence-electron chi connectivity index (χ1n) is 10.4. The van der Waals surface area contributed by atoms with E-state index in [0.717, 1.165) is 4.90 Å². The fourth-order valence-electron chi connectivity index (χ4n) is 3.04. The van der Waals surface area contributed by atoms with Gasteiger partial charge in [-0.25, -0.2) is 0 Å². The summed E-state index contributed by atoms with van der Waals surface area (Å²) in [6.07, 6.45) is 1.61. The molecule has 0 saturated heterocycles. The number of hydrogen-bond acceptors (Lipinski definition) is 7. The maximum absolute atomic E-state index is 13.0. The highest BCUT2D eigenvalue weighted by molar-refractivity contribution is 6.19. The van der Waals surface area contributed by atoms with E-state index >= 15 is 0 Å². The second kappa shape index (κ2) is 11.1. The molecule has 1 aromatic rings. The Morgan fingerprint density at radius 2 is 1.91 bits per heavy atom. The molecule has 0 aliphatic carbocycles. The van der Waals surface area contributed by atoms with Crippen molar-refractivity contribution in [1.29, 1.82) is 5.26 Å². The van der Waals surface area contributed by atoms with Crippen LogP contribution >= 0.6 is 0 Å². The molecule has 0 radical (unpaired) electrons. The van der Waals surface area contributed by atoms with Gasteiger partial charge in [0.2, 0.25) is 0 Å². The first-order chi connectivity index (χ1) is 15.2. The first kappa shape index (κ1) is 24.7. The van der Waals surface area contributed by atoms with Gasteiger partial charge in [-0.15, -0.1) is 0 Å². The van der Waals surface area contributed by atoms with Crippen LogP contribution in [0.4, 0.5) is 0 Å². The summed E-state index contributed by atoms with van der Waals surface area (Å²) in [4.78, 5) is 37.6. The zero-order valence-corrected chi connectivity index (χ0v) is 19.1. The van der Waals surface area contributed by atoms with E-state index in [2.05, 4.69) is 0 Å². The van der Waals surface area contributed by atoms with Crippen molar-refractivity contribution in [2.75, 3.05) is 26.4 Å². The summed E-state index contributed by atoms with van der Waals surface area (Å²) in [5, 5.41) is 9.47. The van der Waals surface area contributed by atoms with Crippen molar-refractivity contribution in [3.8, 4) is 17.6 Å². The van der Waals surface area contributed by atoms with E-state index < -0.39 is 17.8 Å². The lowest BCUT2D eigenvalue weighted by atomic mass is 9.93. The van der Waals surface area contributed by atoms with E-state index in [0.29, 0.717) is 41.8 Å². The van der Waals surface area contributed by atoms with Crippen molar-refractivity contribution in [3.05, 3.63) is 40.5 Å². The Kier molecular flexibility index (Phi) is 8.59.